The summed E-state index contributed by atoms with van der Waals surface area (Å²) in [5.41, 5.74) is 2.41. The fourth-order valence-electron chi connectivity index (χ4n) is 1.51. The van der Waals surface area contributed by atoms with Gasteiger partial charge in [-0.1, -0.05) is 6.07 Å². The summed E-state index contributed by atoms with van der Waals surface area (Å²) < 4.78 is 0.855. The molecule has 0 spiro atoms. The van der Waals surface area contributed by atoms with Crippen LogP contribution in [0.25, 0.3) is 4.85 Å². The molecule has 1 N–H and O–H groups in total. The number of hydrogen-bond acceptors (Lipinski definition) is 2. The van der Waals surface area contributed by atoms with Gasteiger partial charge < -0.3 is 5.32 Å². The number of halogens is 1. The Bertz CT molecular complexity index is 448. The highest BCUT2D eigenvalue weighted by Gasteiger charge is 2.17. The Balaban J connectivity index is 2.55. The van der Waals surface area contributed by atoms with Crippen LogP contribution in [0.5, 0.6) is 0 Å². The number of rotatable bonds is 0. The summed E-state index contributed by atoms with van der Waals surface area (Å²) in [5, 5.41) is 3.03. The standard InChI is InChI=1S/C10H7BrN2O/c1-12-7-2-6-3-8(14)5-13-10(6)9(11)4-7/h2,4,13H,3,5H2. The summed E-state index contributed by atoms with van der Waals surface area (Å²) in [6.45, 7) is 7.28. The Hall–Kier alpha value is -1.34. The van der Waals surface area contributed by atoms with Crippen LogP contribution >= 0.6 is 15.9 Å². The fourth-order valence-corrected chi connectivity index (χ4v) is 2.14. The predicted molar refractivity (Wildman–Crippen MR) is 57.6 cm³/mol. The van der Waals surface area contributed by atoms with Crippen LogP contribution in [0.2, 0.25) is 0 Å². The fraction of sp³-hybridized carbons (Fsp3) is 0.200. The summed E-state index contributed by atoms with van der Waals surface area (Å²) in [6.07, 6.45) is 0.421. The largest absolute Gasteiger partial charge is 0.377 e. The Morgan fingerprint density at radius 3 is 3.00 bits per heavy atom. The van der Waals surface area contributed by atoms with Gasteiger partial charge in [0.15, 0.2) is 11.5 Å². The van der Waals surface area contributed by atoms with Crippen LogP contribution in [0.3, 0.4) is 0 Å². The zero-order valence-electron chi connectivity index (χ0n) is 7.30. The van der Waals surface area contributed by atoms with E-state index < -0.39 is 0 Å². The number of benzene rings is 1. The maximum Gasteiger partial charge on any atom is 0.188 e. The summed E-state index contributed by atoms with van der Waals surface area (Å²) >= 11 is 3.38. The Morgan fingerprint density at radius 1 is 1.50 bits per heavy atom. The number of ketones is 1. The van der Waals surface area contributed by atoms with Crippen molar-refractivity contribution in [2.24, 2.45) is 0 Å². The van der Waals surface area contributed by atoms with Crippen LogP contribution in [0, 0.1) is 6.57 Å². The molecule has 0 unspecified atom stereocenters. The van der Waals surface area contributed by atoms with Gasteiger partial charge in [-0.05, 0) is 27.6 Å². The van der Waals surface area contributed by atoms with Crippen molar-refractivity contribution in [1.82, 2.24) is 0 Å². The minimum atomic E-state index is 0.159. The lowest BCUT2D eigenvalue weighted by atomic mass is 10.0. The first-order valence-corrected chi connectivity index (χ1v) is 4.95. The maximum atomic E-state index is 11.2. The van der Waals surface area contributed by atoms with Crippen molar-refractivity contribution in [2.45, 2.75) is 6.42 Å². The van der Waals surface area contributed by atoms with Crippen LogP contribution in [0.4, 0.5) is 11.4 Å². The van der Waals surface area contributed by atoms with Crippen molar-refractivity contribution in [3.8, 4) is 0 Å². The number of nitrogens with one attached hydrogen (secondary N) is 1. The van der Waals surface area contributed by atoms with Crippen molar-refractivity contribution < 1.29 is 4.79 Å². The lowest BCUT2D eigenvalue weighted by molar-refractivity contribution is -0.117. The van der Waals surface area contributed by atoms with Gasteiger partial charge in [-0.3, -0.25) is 4.79 Å². The summed E-state index contributed by atoms with van der Waals surface area (Å²) in [7, 11) is 0. The zero-order chi connectivity index (χ0) is 10.1. The van der Waals surface area contributed by atoms with Crippen molar-refractivity contribution in [3.63, 3.8) is 0 Å². The third-order valence-corrected chi connectivity index (χ3v) is 2.76. The summed E-state index contributed by atoms with van der Waals surface area (Å²) in [4.78, 5) is 14.5. The topological polar surface area (TPSA) is 33.5 Å². The average Bonchev–Trinajstić information content (AvgIpc) is 2.16. The van der Waals surface area contributed by atoms with Gasteiger partial charge in [0, 0.05) is 16.6 Å². The van der Waals surface area contributed by atoms with Crippen molar-refractivity contribution in [2.75, 3.05) is 11.9 Å². The highest BCUT2D eigenvalue weighted by molar-refractivity contribution is 9.10. The van der Waals surface area contributed by atoms with Gasteiger partial charge in [0.25, 0.3) is 0 Å². The number of anilines is 1. The van der Waals surface area contributed by atoms with E-state index in [1.165, 1.54) is 0 Å². The van der Waals surface area contributed by atoms with E-state index in [-0.39, 0.29) is 5.78 Å². The molecule has 1 aromatic rings. The Morgan fingerprint density at radius 2 is 2.29 bits per heavy atom. The van der Waals surface area contributed by atoms with E-state index in [0.29, 0.717) is 18.7 Å². The van der Waals surface area contributed by atoms with Gasteiger partial charge in [-0.25, -0.2) is 4.85 Å². The van der Waals surface area contributed by atoms with Gasteiger partial charge in [0.1, 0.15) is 0 Å². The molecule has 0 atom stereocenters. The van der Waals surface area contributed by atoms with Crippen LogP contribution in [-0.2, 0) is 11.2 Å². The smallest absolute Gasteiger partial charge is 0.188 e. The second-order valence-corrected chi connectivity index (χ2v) is 4.00. The van der Waals surface area contributed by atoms with Crippen LogP contribution in [-0.4, -0.2) is 12.3 Å². The normalized spacial score (nSPS) is 14.1. The SMILES string of the molecule is [C-]#[N+]c1cc(Br)c2c(c1)CC(=O)CN2. The molecule has 0 aliphatic carbocycles. The molecule has 1 aliphatic rings. The third kappa shape index (κ3) is 1.51. The molecule has 1 aliphatic heterocycles. The van der Waals surface area contributed by atoms with E-state index >= 15 is 0 Å². The van der Waals surface area contributed by atoms with Gasteiger partial charge in [-0.2, -0.15) is 0 Å². The van der Waals surface area contributed by atoms with Gasteiger partial charge >= 0.3 is 0 Å². The lowest BCUT2D eigenvalue weighted by Gasteiger charge is -2.18. The summed E-state index contributed by atoms with van der Waals surface area (Å²) in [5.74, 6) is 0.159. The number of nitrogens with zero attached hydrogens (tertiary/aromatic N) is 1. The molecule has 1 aromatic carbocycles. The van der Waals surface area contributed by atoms with Crippen molar-refractivity contribution >= 4 is 33.1 Å². The minimum absolute atomic E-state index is 0.159. The summed E-state index contributed by atoms with van der Waals surface area (Å²) in [6, 6.07) is 3.52. The molecule has 1 heterocycles. The number of carbonyl (C=O) groups is 1. The van der Waals surface area contributed by atoms with Gasteiger partial charge in [0.05, 0.1) is 13.1 Å². The molecule has 0 amide bonds. The number of Topliss-reactive ketones (excluding diaryl/α,β-unsaturated/α-hetero) is 1. The number of carbonyl (C=O) groups excluding carboxylic acids is 1. The maximum absolute atomic E-state index is 11.2. The third-order valence-electron chi connectivity index (χ3n) is 2.14. The van der Waals surface area contributed by atoms with Crippen LogP contribution in [0.15, 0.2) is 16.6 Å². The molecule has 0 fully saturated rings. The van der Waals surface area contributed by atoms with Crippen LogP contribution in [0.1, 0.15) is 5.56 Å². The zero-order valence-corrected chi connectivity index (χ0v) is 8.89. The predicted octanol–water partition coefficient (Wildman–Crippen LogP) is 2.54. The molecule has 0 bridgehead atoms. The van der Waals surface area contributed by atoms with Crippen molar-refractivity contribution in [3.05, 3.63) is 33.6 Å². The molecule has 0 aromatic heterocycles. The van der Waals surface area contributed by atoms with E-state index in [1.807, 2.05) is 0 Å². The first-order chi connectivity index (χ1) is 6.70. The first-order valence-electron chi connectivity index (χ1n) is 4.16. The second-order valence-electron chi connectivity index (χ2n) is 3.14. The quantitative estimate of drug-likeness (QED) is 0.719. The van der Waals surface area contributed by atoms with Crippen molar-refractivity contribution in [1.29, 1.82) is 0 Å². The van der Waals surface area contributed by atoms with E-state index in [9.17, 15) is 4.79 Å². The van der Waals surface area contributed by atoms with E-state index in [2.05, 4.69) is 26.1 Å². The number of hydrogen-bond donors (Lipinski definition) is 1. The molecule has 4 heteroatoms. The Kier molecular flexibility index (Phi) is 2.26. The highest BCUT2D eigenvalue weighted by Crippen LogP contribution is 2.33. The number of fused-ring (bicyclic) bond motifs is 1. The van der Waals surface area contributed by atoms with E-state index in [1.54, 1.807) is 12.1 Å². The van der Waals surface area contributed by atoms with E-state index in [0.717, 1.165) is 15.7 Å². The molecule has 0 radical (unpaired) electrons. The highest BCUT2D eigenvalue weighted by atomic mass is 79.9. The molecule has 3 nitrogen and oxygen atoms in total. The molecule has 0 saturated heterocycles. The molecular formula is C10H7BrN2O. The van der Waals surface area contributed by atoms with Crippen LogP contribution < -0.4 is 5.32 Å². The second kappa shape index (κ2) is 3.43. The molecule has 0 saturated carbocycles. The molecular weight excluding hydrogens is 244 g/mol. The first kappa shape index (κ1) is 9.22. The van der Waals surface area contributed by atoms with E-state index in [4.69, 9.17) is 6.57 Å². The molecule has 70 valence electrons. The van der Waals surface area contributed by atoms with Gasteiger partial charge in [0.2, 0.25) is 0 Å². The lowest BCUT2D eigenvalue weighted by Crippen LogP contribution is -2.22. The minimum Gasteiger partial charge on any atom is -0.377 e. The monoisotopic (exact) mass is 250 g/mol. The van der Waals surface area contributed by atoms with Gasteiger partial charge in [-0.15, -0.1) is 0 Å². The Labute approximate surface area is 90.1 Å². The molecule has 14 heavy (non-hydrogen) atoms. The average molecular weight is 251 g/mol. The molecule has 2 rings (SSSR count).